The number of benzene rings is 2. The Balaban J connectivity index is 1.95. The number of nitrogens with zero attached hydrogens (tertiary/aromatic N) is 1. The molecule has 134 valence electrons. The number of aryl methyl sites for hydroxylation is 2. The minimum atomic E-state index is -0.884. The molecule has 2 aromatic rings. The summed E-state index contributed by atoms with van der Waals surface area (Å²) in [7, 11) is 2.95. The van der Waals surface area contributed by atoms with E-state index < -0.39 is 5.60 Å². The van der Waals surface area contributed by atoms with Crippen LogP contribution in [0.15, 0.2) is 48.5 Å². The lowest BCUT2D eigenvalue weighted by Gasteiger charge is -2.38. The smallest absolute Gasteiger partial charge is 0.101 e. The quantitative estimate of drug-likeness (QED) is 0.790. The fourth-order valence-electron chi connectivity index (χ4n) is 3.93. The van der Waals surface area contributed by atoms with Crippen LogP contribution in [0.3, 0.4) is 0 Å². The maximum atomic E-state index is 11.9. The molecule has 3 heteroatoms. The van der Waals surface area contributed by atoms with Crippen molar-refractivity contribution >= 4 is 9.24 Å². The average Bonchev–Trinajstić information content (AvgIpc) is 3.10. The van der Waals surface area contributed by atoms with Crippen LogP contribution in [0.1, 0.15) is 35.1 Å². The van der Waals surface area contributed by atoms with E-state index in [1.165, 1.54) is 24.0 Å². The molecule has 25 heavy (non-hydrogen) atoms. The first-order valence-electron chi connectivity index (χ1n) is 9.31. The highest BCUT2D eigenvalue weighted by Gasteiger charge is 2.38. The van der Waals surface area contributed by atoms with E-state index in [0.29, 0.717) is 6.42 Å². The number of rotatable bonds is 6. The van der Waals surface area contributed by atoms with Gasteiger partial charge in [-0.25, -0.2) is 0 Å². The Morgan fingerprint density at radius 3 is 2.44 bits per heavy atom. The number of likely N-dealkylation sites (tertiary alicyclic amines) is 1. The fraction of sp³-hybridized carbons (Fsp3) is 0.455. The van der Waals surface area contributed by atoms with Gasteiger partial charge in [0, 0.05) is 18.6 Å². The summed E-state index contributed by atoms with van der Waals surface area (Å²) in [6.45, 7) is 7.43. The average molecular weight is 355 g/mol. The molecular weight excluding hydrogens is 325 g/mol. The van der Waals surface area contributed by atoms with Crippen LogP contribution in [-0.2, 0) is 12.0 Å². The van der Waals surface area contributed by atoms with Gasteiger partial charge in [-0.15, -0.1) is 9.24 Å². The molecule has 2 aromatic carbocycles. The summed E-state index contributed by atoms with van der Waals surface area (Å²) in [4.78, 5) is 2.48. The standard InChI is InChI=1S/C22H30NOP/c1-17-10-11-18(2)20(14-17)22(24,15-19-8-4-3-5-9-19)21(25)16-23-12-6-7-13-23/h3-5,8-11,14,21,24H,6-7,12-13,15-16,25H2,1-2H3. The Morgan fingerprint density at radius 2 is 1.76 bits per heavy atom. The van der Waals surface area contributed by atoms with Crippen molar-refractivity contribution in [1.82, 2.24) is 4.90 Å². The van der Waals surface area contributed by atoms with Crippen LogP contribution in [0, 0.1) is 13.8 Å². The van der Waals surface area contributed by atoms with E-state index >= 15 is 0 Å². The lowest BCUT2D eigenvalue weighted by atomic mass is 9.81. The van der Waals surface area contributed by atoms with Gasteiger partial charge < -0.3 is 10.0 Å². The van der Waals surface area contributed by atoms with Crippen LogP contribution in [0.5, 0.6) is 0 Å². The fourth-order valence-corrected chi connectivity index (χ4v) is 4.53. The summed E-state index contributed by atoms with van der Waals surface area (Å²) >= 11 is 0. The molecule has 2 nitrogen and oxygen atoms in total. The van der Waals surface area contributed by atoms with Crippen molar-refractivity contribution in [3.8, 4) is 0 Å². The monoisotopic (exact) mass is 355 g/mol. The molecule has 1 aliphatic rings. The summed E-state index contributed by atoms with van der Waals surface area (Å²) in [6.07, 6.45) is 3.19. The highest BCUT2D eigenvalue weighted by atomic mass is 31.0. The minimum Gasteiger partial charge on any atom is -0.384 e. The van der Waals surface area contributed by atoms with Crippen LogP contribution >= 0.6 is 9.24 Å². The van der Waals surface area contributed by atoms with Crippen LogP contribution in [0.4, 0.5) is 0 Å². The summed E-state index contributed by atoms with van der Waals surface area (Å²) in [6, 6.07) is 16.8. The van der Waals surface area contributed by atoms with Crippen molar-refractivity contribution in [1.29, 1.82) is 0 Å². The molecular formula is C22H30NOP. The summed E-state index contributed by atoms with van der Waals surface area (Å²) in [5, 5.41) is 11.9. The highest BCUT2D eigenvalue weighted by Crippen LogP contribution is 2.37. The van der Waals surface area contributed by atoms with Crippen molar-refractivity contribution < 1.29 is 5.11 Å². The van der Waals surface area contributed by atoms with Crippen molar-refractivity contribution in [2.45, 2.75) is 44.4 Å². The first-order valence-corrected chi connectivity index (χ1v) is 9.98. The van der Waals surface area contributed by atoms with E-state index in [1.807, 2.05) is 6.07 Å². The van der Waals surface area contributed by atoms with Gasteiger partial charge in [0.15, 0.2) is 0 Å². The Labute approximate surface area is 154 Å². The van der Waals surface area contributed by atoms with E-state index in [-0.39, 0.29) is 5.66 Å². The van der Waals surface area contributed by atoms with E-state index in [1.54, 1.807) is 0 Å². The Kier molecular flexibility index (Phi) is 5.94. The maximum absolute atomic E-state index is 11.9. The van der Waals surface area contributed by atoms with E-state index in [2.05, 4.69) is 70.5 Å². The lowest BCUT2D eigenvalue weighted by Crippen LogP contribution is -2.44. The Bertz CT molecular complexity index is 696. The SMILES string of the molecule is Cc1ccc(C)c(C(O)(Cc2ccccc2)C(P)CN2CCCC2)c1. The van der Waals surface area contributed by atoms with Crippen molar-refractivity contribution in [3.05, 3.63) is 70.8 Å². The van der Waals surface area contributed by atoms with Crippen LogP contribution < -0.4 is 0 Å². The van der Waals surface area contributed by atoms with Gasteiger partial charge in [0.05, 0.1) is 0 Å². The largest absolute Gasteiger partial charge is 0.384 e. The molecule has 0 aliphatic carbocycles. The van der Waals surface area contributed by atoms with Crippen molar-refractivity contribution in [3.63, 3.8) is 0 Å². The second kappa shape index (κ2) is 7.99. The molecule has 0 saturated carbocycles. The topological polar surface area (TPSA) is 23.5 Å². The lowest BCUT2D eigenvalue weighted by molar-refractivity contribution is 0.0250. The molecule has 0 aromatic heterocycles. The Morgan fingerprint density at radius 1 is 1.08 bits per heavy atom. The molecule has 3 rings (SSSR count). The zero-order chi connectivity index (χ0) is 17.9. The molecule has 1 N–H and O–H groups in total. The van der Waals surface area contributed by atoms with Gasteiger partial charge in [-0.2, -0.15) is 0 Å². The van der Waals surface area contributed by atoms with Gasteiger partial charge in [0.1, 0.15) is 5.60 Å². The molecule has 3 atom stereocenters. The predicted octanol–water partition coefficient (Wildman–Crippen LogP) is 4.07. The summed E-state index contributed by atoms with van der Waals surface area (Å²) < 4.78 is 0. The second-order valence-electron chi connectivity index (χ2n) is 7.52. The van der Waals surface area contributed by atoms with Gasteiger partial charge in [-0.3, -0.25) is 0 Å². The zero-order valence-electron chi connectivity index (χ0n) is 15.4. The number of hydrogen-bond acceptors (Lipinski definition) is 2. The molecule has 0 spiro atoms. The van der Waals surface area contributed by atoms with Crippen molar-refractivity contribution in [2.24, 2.45) is 0 Å². The minimum absolute atomic E-state index is 0.0892. The highest BCUT2D eigenvalue weighted by molar-refractivity contribution is 7.17. The van der Waals surface area contributed by atoms with Crippen LogP contribution in [-0.4, -0.2) is 35.3 Å². The van der Waals surface area contributed by atoms with Gasteiger partial charge in [0.25, 0.3) is 0 Å². The Hall–Kier alpha value is -1.21. The molecule has 1 aliphatic heterocycles. The van der Waals surface area contributed by atoms with Crippen LogP contribution in [0.2, 0.25) is 0 Å². The normalized spacial score (nSPS) is 18.9. The van der Waals surface area contributed by atoms with Gasteiger partial charge in [-0.1, -0.05) is 54.1 Å². The first kappa shape index (κ1) is 18.6. The summed E-state index contributed by atoms with van der Waals surface area (Å²) in [5.74, 6) is 0. The predicted molar refractivity (Wildman–Crippen MR) is 109 cm³/mol. The number of hydrogen-bond donors (Lipinski definition) is 1. The van der Waals surface area contributed by atoms with E-state index in [9.17, 15) is 5.11 Å². The third-order valence-electron chi connectivity index (χ3n) is 5.44. The van der Waals surface area contributed by atoms with Crippen LogP contribution in [0.25, 0.3) is 0 Å². The van der Waals surface area contributed by atoms with E-state index in [0.717, 1.165) is 30.8 Å². The van der Waals surface area contributed by atoms with Gasteiger partial charge in [-0.05, 0) is 56.5 Å². The zero-order valence-corrected chi connectivity index (χ0v) is 16.6. The number of aliphatic hydroxyl groups is 1. The third-order valence-corrected chi connectivity index (χ3v) is 6.21. The molecule has 0 radical (unpaired) electrons. The summed E-state index contributed by atoms with van der Waals surface area (Å²) in [5.41, 5.74) is 3.81. The molecule has 0 bridgehead atoms. The molecule has 0 amide bonds. The van der Waals surface area contributed by atoms with Gasteiger partial charge in [0.2, 0.25) is 0 Å². The molecule has 3 unspecified atom stereocenters. The molecule has 1 fully saturated rings. The maximum Gasteiger partial charge on any atom is 0.101 e. The molecule has 1 saturated heterocycles. The van der Waals surface area contributed by atoms with E-state index in [4.69, 9.17) is 0 Å². The van der Waals surface area contributed by atoms with Crippen molar-refractivity contribution in [2.75, 3.05) is 19.6 Å². The van der Waals surface area contributed by atoms with Gasteiger partial charge >= 0.3 is 0 Å². The second-order valence-corrected chi connectivity index (χ2v) is 8.32. The third kappa shape index (κ3) is 4.31. The molecule has 1 heterocycles. The first-order chi connectivity index (χ1) is 12.0.